The molecule has 5 aromatic rings. The van der Waals surface area contributed by atoms with Crippen LogP contribution in [0.5, 0.6) is 11.5 Å². The summed E-state index contributed by atoms with van der Waals surface area (Å²) in [6.45, 7) is 0. The van der Waals surface area contributed by atoms with Crippen molar-refractivity contribution in [2.24, 2.45) is 0 Å². The van der Waals surface area contributed by atoms with Gasteiger partial charge in [0, 0.05) is 22.3 Å². The topological polar surface area (TPSA) is 84.6 Å². The van der Waals surface area contributed by atoms with Gasteiger partial charge in [0.1, 0.15) is 17.2 Å². The SMILES string of the molecule is COc1cccc(-c2nc(-c3ccccc3)oc2NC(=O)c2ccccc2-c2ccc(C(F)(F)F)cc2O)c1. The summed E-state index contributed by atoms with van der Waals surface area (Å²) in [6, 6.07) is 25.1. The Morgan fingerprint density at radius 1 is 0.872 bits per heavy atom. The molecule has 0 saturated carbocycles. The number of amides is 1. The molecule has 0 fully saturated rings. The molecule has 0 bridgehead atoms. The van der Waals surface area contributed by atoms with Gasteiger partial charge in [0.15, 0.2) is 0 Å². The minimum absolute atomic E-state index is 0.0681. The van der Waals surface area contributed by atoms with Crippen molar-refractivity contribution in [1.82, 2.24) is 4.98 Å². The molecule has 1 amide bonds. The van der Waals surface area contributed by atoms with E-state index in [2.05, 4.69) is 10.3 Å². The predicted octanol–water partition coefficient (Wildman–Crippen LogP) is 7.66. The molecule has 0 unspecified atom stereocenters. The van der Waals surface area contributed by atoms with Crippen molar-refractivity contribution in [2.45, 2.75) is 6.18 Å². The lowest BCUT2D eigenvalue weighted by atomic mass is 9.97. The highest BCUT2D eigenvalue weighted by atomic mass is 19.4. The Morgan fingerprint density at radius 3 is 2.31 bits per heavy atom. The molecule has 0 radical (unpaired) electrons. The van der Waals surface area contributed by atoms with Crippen LogP contribution in [-0.4, -0.2) is 23.1 Å². The van der Waals surface area contributed by atoms with Crippen LogP contribution in [0.2, 0.25) is 0 Å². The maximum Gasteiger partial charge on any atom is 0.416 e. The lowest BCUT2D eigenvalue weighted by Gasteiger charge is -2.13. The Hall–Kier alpha value is -5.05. The highest BCUT2D eigenvalue weighted by Crippen LogP contribution is 2.39. The van der Waals surface area contributed by atoms with Crippen LogP contribution in [0.15, 0.2) is 101 Å². The maximum atomic E-state index is 13.5. The number of phenolic OH excluding ortho intramolecular Hbond substituents is 1. The van der Waals surface area contributed by atoms with Gasteiger partial charge in [0.2, 0.25) is 11.8 Å². The molecule has 1 aromatic heterocycles. The summed E-state index contributed by atoms with van der Waals surface area (Å²) < 4.78 is 50.6. The largest absolute Gasteiger partial charge is 0.507 e. The summed E-state index contributed by atoms with van der Waals surface area (Å²) in [7, 11) is 1.54. The Bertz CT molecular complexity index is 1650. The third-order valence-electron chi connectivity index (χ3n) is 6.01. The van der Waals surface area contributed by atoms with E-state index >= 15 is 0 Å². The van der Waals surface area contributed by atoms with Crippen LogP contribution < -0.4 is 10.1 Å². The predicted molar refractivity (Wildman–Crippen MR) is 140 cm³/mol. The number of phenols is 1. The smallest absolute Gasteiger partial charge is 0.416 e. The van der Waals surface area contributed by atoms with Crippen LogP contribution in [-0.2, 0) is 6.18 Å². The maximum absolute atomic E-state index is 13.5. The molecule has 0 saturated heterocycles. The van der Waals surface area contributed by atoms with E-state index in [0.29, 0.717) is 28.6 Å². The van der Waals surface area contributed by atoms with E-state index < -0.39 is 23.4 Å². The van der Waals surface area contributed by atoms with Gasteiger partial charge in [-0.3, -0.25) is 10.1 Å². The number of ether oxygens (including phenoxy) is 1. The first kappa shape index (κ1) is 25.6. The minimum atomic E-state index is -4.62. The van der Waals surface area contributed by atoms with Gasteiger partial charge in [-0.05, 0) is 48.0 Å². The molecule has 9 heteroatoms. The summed E-state index contributed by atoms with van der Waals surface area (Å²) in [6.07, 6.45) is -4.62. The molecule has 0 aliphatic rings. The zero-order valence-corrected chi connectivity index (χ0v) is 20.5. The van der Waals surface area contributed by atoms with Crippen LogP contribution in [0.4, 0.5) is 19.1 Å². The number of nitrogens with one attached hydrogen (secondary N) is 1. The van der Waals surface area contributed by atoms with Crippen LogP contribution in [0.1, 0.15) is 15.9 Å². The molecule has 0 spiro atoms. The van der Waals surface area contributed by atoms with E-state index in [1.807, 2.05) is 30.3 Å². The van der Waals surface area contributed by atoms with Gasteiger partial charge in [0.25, 0.3) is 5.91 Å². The number of aromatic hydroxyl groups is 1. The van der Waals surface area contributed by atoms with Crippen molar-refractivity contribution < 1.29 is 32.2 Å². The van der Waals surface area contributed by atoms with Crippen molar-refractivity contribution in [2.75, 3.05) is 12.4 Å². The number of oxazole rings is 1. The number of halogens is 3. The Balaban J connectivity index is 1.55. The first-order valence-electron chi connectivity index (χ1n) is 11.8. The lowest BCUT2D eigenvalue weighted by Crippen LogP contribution is -2.13. The fourth-order valence-corrected chi connectivity index (χ4v) is 4.10. The zero-order valence-electron chi connectivity index (χ0n) is 20.5. The molecule has 39 heavy (non-hydrogen) atoms. The fraction of sp³-hybridized carbons (Fsp3) is 0.0667. The van der Waals surface area contributed by atoms with E-state index in [1.54, 1.807) is 36.4 Å². The molecule has 196 valence electrons. The summed E-state index contributed by atoms with van der Waals surface area (Å²) in [5, 5.41) is 13.2. The van der Waals surface area contributed by atoms with Gasteiger partial charge < -0.3 is 14.3 Å². The Kier molecular flexibility index (Phi) is 6.81. The fourth-order valence-electron chi connectivity index (χ4n) is 4.10. The van der Waals surface area contributed by atoms with E-state index in [1.165, 1.54) is 19.2 Å². The molecular weight excluding hydrogens is 509 g/mol. The molecule has 2 N–H and O–H groups in total. The monoisotopic (exact) mass is 530 g/mol. The molecule has 4 aromatic carbocycles. The van der Waals surface area contributed by atoms with Crippen molar-refractivity contribution >= 4 is 11.8 Å². The lowest BCUT2D eigenvalue weighted by molar-refractivity contribution is -0.137. The molecule has 1 heterocycles. The Labute approximate surface area is 221 Å². The number of aromatic nitrogens is 1. The van der Waals surface area contributed by atoms with Gasteiger partial charge in [-0.1, -0.05) is 54.6 Å². The van der Waals surface area contributed by atoms with Crippen molar-refractivity contribution in [3.8, 4) is 45.3 Å². The first-order chi connectivity index (χ1) is 18.7. The van der Waals surface area contributed by atoms with Crippen LogP contribution in [0, 0.1) is 0 Å². The number of nitrogens with zero attached hydrogens (tertiary/aromatic N) is 1. The molecule has 0 atom stereocenters. The zero-order chi connectivity index (χ0) is 27.6. The van der Waals surface area contributed by atoms with Crippen LogP contribution in [0.25, 0.3) is 33.8 Å². The molecule has 0 aliphatic heterocycles. The second-order valence-electron chi connectivity index (χ2n) is 8.52. The van der Waals surface area contributed by atoms with Crippen LogP contribution in [0.3, 0.4) is 0 Å². The highest BCUT2D eigenvalue weighted by molar-refractivity contribution is 6.09. The van der Waals surface area contributed by atoms with Gasteiger partial charge in [-0.2, -0.15) is 13.2 Å². The molecule has 5 rings (SSSR count). The third-order valence-corrected chi connectivity index (χ3v) is 6.01. The normalized spacial score (nSPS) is 11.3. The average molecular weight is 531 g/mol. The van der Waals surface area contributed by atoms with Crippen molar-refractivity contribution in [3.05, 3.63) is 108 Å². The molecular formula is C30H21F3N2O4. The standard InChI is InChI=1S/C30H21F3N2O4/c1-38-21-11-7-10-19(16-21)26-29(39-28(34-26)18-8-3-2-4-9-18)35-27(37)24-13-6-5-12-22(24)23-15-14-20(17-25(23)36)30(31,32)33/h2-17,36H,1H3,(H,35,37). The summed E-state index contributed by atoms with van der Waals surface area (Å²) >= 11 is 0. The van der Waals surface area contributed by atoms with Gasteiger partial charge in [-0.15, -0.1) is 0 Å². The van der Waals surface area contributed by atoms with E-state index in [4.69, 9.17) is 9.15 Å². The number of carbonyl (C=O) groups is 1. The van der Waals surface area contributed by atoms with Crippen molar-refractivity contribution in [1.29, 1.82) is 0 Å². The second kappa shape index (κ2) is 10.4. The number of methoxy groups -OCH3 is 1. The molecule has 0 aliphatic carbocycles. The summed E-state index contributed by atoms with van der Waals surface area (Å²) in [5.41, 5.74) is 1.11. The van der Waals surface area contributed by atoms with E-state index in [0.717, 1.165) is 12.1 Å². The average Bonchev–Trinajstić information content (AvgIpc) is 3.36. The van der Waals surface area contributed by atoms with Crippen LogP contribution >= 0.6 is 0 Å². The Morgan fingerprint density at radius 2 is 1.59 bits per heavy atom. The number of anilines is 1. The van der Waals surface area contributed by atoms with Gasteiger partial charge in [0.05, 0.1) is 12.7 Å². The van der Waals surface area contributed by atoms with E-state index in [9.17, 15) is 23.1 Å². The number of alkyl halides is 3. The van der Waals surface area contributed by atoms with Gasteiger partial charge >= 0.3 is 6.18 Å². The minimum Gasteiger partial charge on any atom is -0.507 e. The number of hydrogen-bond donors (Lipinski definition) is 2. The highest BCUT2D eigenvalue weighted by Gasteiger charge is 2.31. The third kappa shape index (κ3) is 5.33. The number of benzene rings is 4. The summed E-state index contributed by atoms with van der Waals surface area (Å²) in [4.78, 5) is 18.1. The molecule has 6 nitrogen and oxygen atoms in total. The summed E-state index contributed by atoms with van der Waals surface area (Å²) in [5.74, 6) is -0.286. The number of hydrogen-bond acceptors (Lipinski definition) is 5. The van der Waals surface area contributed by atoms with Gasteiger partial charge in [-0.25, -0.2) is 4.98 Å². The van der Waals surface area contributed by atoms with Crippen molar-refractivity contribution in [3.63, 3.8) is 0 Å². The second-order valence-corrected chi connectivity index (χ2v) is 8.52. The van der Waals surface area contributed by atoms with E-state index in [-0.39, 0.29) is 28.5 Å². The number of carbonyl (C=O) groups excluding carboxylic acids is 1. The quantitative estimate of drug-likeness (QED) is 0.235. The first-order valence-corrected chi connectivity index (χ1v) is 11.8. The number of rotatable bonds is 6.